The van der Waals surface area contributed by atoms with Crippen LogP contribution in [-0.2, 0) is 6.54 Å². The molecule has 0 atom stereocenters. The van der Waals surface area contributed by atoms with E-state index in [1.165, 1.54) is 31.0 Å². The van der Waals surface area contributed by atoms with E-state index in [9.17, 15) is 14.4 Å². The fourth-order valence-electron chi connectivity index (χ4n) is 2.83. The quantitative estimate of drug-likeness (QED) is 0.669. The SMILES string of the molecule is CCCn1c(=O)[nH]c(=O)c2cc(C(=O)Nc3cc(OC)ccc3OC)cnc21. The number of aryl methyl sites for hydroxylation is 1. The molecule has 146 valence electrons. The minimum absolute atomic E-state index is 0.165. The van der Waals surface area contributed by atoms with Crippen LogP contribution in [0.3, 0.4) is 0 Å². The van der Waals surface area contributed by atoms with Gasteiger partial charge in [0.15, 0.2) is 0 Å². The maximum Gasteiger partial charge on any atom is 0.329 e. The van der Waals surface area contributed by atoms with Crippen LogP contribution in [0.1, 0.15) is 23.7 Å². The number of aromatic nitrogens is 3. The van der Waals surface area contributed by atoms with Gasteiger partial charge in [-0.1, -0.05) is 6.92 Å². The first-order chi connectivity index (χ1) is 13.5. The second-order valence-corrected chi connectivity index (χ2v) is 6.03. The molecule has 0 unspecified atom stereocenters. The molecule has 2 N–H and O–H groups in total. The fourth-order valence-corrected chi connectivity index (χ4v) is 2.83. The Balaban J connectivity index is 2.02. The van der Waals surface area contributed by atoms with Crippen LogP contribution in [0.25, 0.3) is 11.0 Å². The third kappa shape index (κ3) is 3.59. The van der Waals surface area contributed by atoms with Gasteiger partial charge < -0.3 is 14.8 Å². The Kier molecular flexibility index (Phi) is 5.44. The zero-order valence-electron chi connectivity index (χ0n) is 15.7. The Labute approximate surface area is 159 Å². The zero-order valence-corrected chi connectivity index (χ0v) is 15.7. The predicted octanol–water partition coefficient (Wildman–Crippen LogP) is 1.76. The number of rotatable bonds is 6. The molecular formula is C19H20N4O5. The molecule has 9 heteroatoms. The monoisotopic (exact) mass is 384 g/mol. The van der Waals surface area contributed by atoms with Gasteiger partial charge in [-0.15, -0.1) is 0 Å². The molecule has 2 aromatic heterocycles. The van der Waals surface area contributed by atoms with Gasteiger partial charge in [-0.25, -0.2) is 9.78 Å². The molecule has 3 aromatic rings. The number of amides is 1. The average Bonchev–Trinajstić information content (AvgIpc) is 2.70. The van der Waals surface area contributed by atoms with Gasteiger partial charge >= 0.3 is 5.69 Å². The molecule has 1 amide bonds. The molecule has 0 spiro atoms. The fraction of sp³-hybridized carbons (Fsp3) is 0.263. The summed E-state index contributed by atoms with van der Waals surface area (Å²) >= 11 is 0. The van der Waals surface area contributed by atoms with Crippen LogP contribution in [0.4, 0.5) is 5.69 Å². The van der Waals surface area contributed by atoms with Gasteiger partial charge in [0.25, 0.3) is 11.5 Å². The van der Waals surface area contributed by atoms with Crippen molar-refractivity contribution >= 4 is 22.6 Å². The second kappa shape index (κ2) is 7.95. The highest BCUT2D eigenvalue weighted by Gasteiger charge is 2.15. The molecule has 0 aliphatic rings. The van der Waals surface area contributed by atoms with E-state index in [1.54, 1.807) is 18.2 Å². The van der Waals surface area contributed by atoms with Crippen molar-refractivity contribution in [1.29, 1.82) is 0 Å². The molecule has 0 saturated carbocycles. The van der Waals surface area contributed by atoms with Crippen molar-refractivity contribution in [2.24, 2.45) is 0 Å². The van der Waals surface area contributed by atoms with Gasteiger partial charge in [0.05, 0.1) is 30.9 Å². The Morgan fingerprint density at radius 1 is 1.21 bits per heavy atom. The van der Waals surface area contributed by atoms with E-state index in [0.717, 1.165) is 0 Å². The van der Waals surface area contributed by atoms with Crippen molar-refractivity contribution in [3.8, 4) is 11.5 Å². The van der Waals surface area contributed by atoms with Crippen molar-refractivity contribution in [1.82, 2.24) is 14.5 Å². The first kappa shape index (κ1) is 19.2. The van der Waals surface area contributed by atoms with Gasteiger partial charge in [-0.3, -0.25) is 19.1 Å². The maximum absolute atomic E-state index is 12.7. The molecule has 0 aliphatic heterocycles. The summed E-state index contributed by atoms with van der Waals surface area (Å²) in [6, 6.07) is 6.41. The van der Waals surface area contributed by atoms with Crippen molar-refractivity contribution in [2.45, 2.75) is 19.9 Å². The highest BCUT2D eigenvalue weighted by atomic mass is 16.5. The Morgan fingerprint density at radius 3 is 2.68 bits per heavy atom. The molecule has 0 saturated heterocycles. The largest absolute Gasteiger partial charge is 0.497 e. The van der Waals surface area contributed by atoms with Crippen LogP contribution in [0, 0.1) is 0 Å². The van der Waals surface area contributed by atoms with Crippen molar-refractivity contribution < 1.29 is 14.3 Å². The van der Waals surface area contributed by atoms with Gasteiger partial charge in [0.1, 0.15) is 17.1 Å². The number of anilines is 1. The molecule has 0 fully saturated rings. The average molecular weight is 384 g/mol. The minimum atomic E-state index is -0.589. The van der Waals surface area contributed by atoms with Gasteiger partial charge in [0.2, 0.25) is 0 Å². The molecule has 0 aliphatic carbocycles. The topological polar surface area (TPSA) is 115 Å². The van der Waals surface area contributed by atoms with Crippen LogP contribution < -0.4 is 26.0 Å². The Bertz CT molecular complexity index is 1150. The summed E-state index contributed by atoms with van der Waals surface area (Å²) in [5.41, 5.74) is -0.286. The Morgan fingerprint density at radius 2 is 2.00 bits per heavy atom. The summed E-state index contributed by atoms with van der Waals surface area (Å²) in [4.78, 5) is 43.3. The van der Waals surface area contributed by atoms with Gasteiger partial charge in [-0.2, -0.15) is 0 Å². The molecule has 0 radical (unpaired) electrons. The van der Waals surface area contributed by atoms with Crippen molar-refractivity contribution in [2.75, 3.05) is 19.5 Å². The van der Waals surface area contributed by atoms with Crippen LogP contribution in [-0.4, -0.2) is 34.7 Å². The molecule has 1 aromatic carbocycles. The smallest absolute Gasteiger partial charge is 0.329 e. The third-order valence-electron chi connectivity index (χ3n) is 4.20. The lowest BCUT2D eigenvalue weighted by Crippen LogP contribution is -2.31. The number of H-pyrrole nitrogens is 1. The zero-order chi connectivity index (χ0) is 20.3. The van der Waals surface area contributed by atoms with Crippen LogP contribution in [0.5, 0.6) is 11.5 Å². The van der Waals surface area contributed by atoms with E-state index < -0.39 is 17.2 Å². The highest BCUT2D eigenvalue weighted by molar-refractivity contribution is 6.06. The second-order valence-electron chi connectivity index (χ2n) is 6.03. The highest BCUT2D eigenvalue weighted by Crippen LogP contribution is 2.29. The van der Waals surface area contributed by atoms with Crippen LogP contribution in [0.15, 0.2) is 40.1 Å². The van der Waals surface area contributed by atoms with Gasteiger partial charge in [0, 0.05) is 18.8 Å². The van der Waals surface area contributed by atoms with E-state index in [4.69, 9.17) is 9.47 Å². The number of pyridine rings is 1. The summed E-state index contributed by atoms with van der Waals surface area (Å²) in [5.74, 6) is 0.527. The predicted molar refractivity (Wildman–Crippen MR) is 104 cm³/mol. The number of aromatic amines is 1. The standard InChI is InChI=1S/C19H20N4O5/c1-4-7-23-16-13(18(25)22-19(23)26)8-11(10-20-16)17(24)21-14-9-12(27-2)5-6-15(14)28-3/h5-6,8-10H,4,7H2,1-3H3,(H,21,24)(H,22,25,26). The molecule has 28 heavy (non-hydrogen) atoms. The first-order valence-electron chi connectivity index (χ1n) is 8.64. The van der Waals surface area contributed by atoms with E-state index >= 15 is 0 Å². The normalized spacial score (nSPS) is 10.7. The van der Waals surface area contributed by atoms with Gasteiger partial charge in [-0.05, 0) is 24.6 Å². The number of fused-ring (bicyclic) bond motifs is 1. The number of hydrogen-bond donors (Lipinski definition) is 2. The van der Waals surface area contributed by atoms with Crippen molar-refractivity contribution in [3.63, 3.8) is 0 Å². The number of carbonyl (C=O) groups is 1. The third-order valence-corrected chi connectivity index (χ3v) is 4.20. The Hall–Kier alpha value is -3.62. The summed E-state index contributed by atoms with van der Waals surface area (Å²) < 4.78 is 11.8. The van der Waals surface area contributed by atoms with E-state index in [0.29, 0.717) is 30.2 Å². The summed E-state index contributed by atoms with van der Waals surface area (Å²) in [7, 11) is 3.00. The summed E-state index contributed by atoms with van der Waals surface area (Å²) in [6.07, 6.45) is 2.02. The summed E-state index contributed by atoms with van der Waals surface area (Å²) in [5, 5.41) is 2.89. The number of benzene rings is 1. The molecule has 9 nitrogen and oxygen atoms in total. The minimum Gasteiger partial charge on any atom is -0.497 e. The molecule has 2 heterocycles. The van der Waals surface area contributed by atoms with E-state index in [1.807, 2.05) is 6.92 Å². The lowest BCUT2D eigenvalue weighted by molar-refractivity contribution is 0.102. The van der Waals surface area contributed by atoms with Crippen LogP contribution >= 0.6 is 0 Å². The number of methoxy groups -OCH3 is 2. The molecule has 3 rings (SSSR count). The molecular weight excluding hydrogens is 364 g/mol. The molecule has 0 bridgehead atoms. The lowest BCUT2D eigenvalue weighted by atomic mass is 10.2. The number of ether oxygens (including phenoxy) is 2. The number of hydrogen-bond acceptors (Lipinski definition) is 6. The number of nitrogens with zero attached hydrogens (tertiary/aromatic N) is 2. The number of carbonyl (C=O) groups excluding carboxylic acids is 1. The first-order valence-corrected chi connectivity index (χ1v) is 8.64. The number of nitrogens with one attached hydrogen (secondary N) is 2. The van der Waals surface area contributed by atoms with E-state index in [-0.39, 0.29) is 16.6 Å². The van der Waals surface area contributed by atoms with E-state index in [2.05, 4.69) is 15.3 Å². The van der Waals surface area contributed by atoms with Crippen molar-refractivity contribution in [3.05, 3.63) is 56.9 Å². The summed E-state index contributed by atoms with van der Waals surface area (Å²) in [6.45, 7) is 2.32. The lowest BCUT2D eigenvalue weighted by Gasteiger charge is -2.12. The van der Waals surface area contributed by atoms with Crippen LogP contribution in [0.2, 0.25) is 0 Å². The maximum atomic E-state index is 12.7.